The van der Waals surface area contributed by atoms with Crippen molar-refractivity contribution < 1.29 is 22.7 Å². The van der Waals surface area contributed by atoms with Crippen molar-refractivity contribution in [3.63, 3.8) is 0 Å². The predicted molar refractivity (Wildman–Crippen MR) is 119 cm³/mol. The molecule has 8 heteroatoms. The molecule has 1 saturated heterocycles. The third kappa shape index (κ3) is 4.80. The Kier molecular flexibility index (Phi) is 6.23. The summed E-state index contributed by atoms with van der Waals surface area (Å²) in [4.78, 5) is 16.0. The van der Waals surface area contributed by atoms with Gasteiger partial charge >= 0.3 is 12.2 Å². The summed E-state index contributed by atoms with van der Waals surface area (Å²) >= 11 is 0. The van der Waals surface area contributed by atoms with Gasteiger partial charge in [0, 0.05) is 32.4 Å². The van der Waals surface area contributed by atoms with Crippen LogP contribution < -0.4 is 10.2 Å². The van der Waals surface area contributed by atoms with Crippen molar-refractivity contribution in [2.75, 3.05) is 43.6 Å². The van der Waals surface area contributed by atoms with Crippen LogP contribution in [0.4, 0.5) is 29.3 Å². The first kappa shape index (κ1) is 22.0. The first-order valence-electron chi connectivity index (χ1n) is 10.4. The van der Waals surface area contributed by atoms with Gasteiger partial charge in [0.25, 0.3) is 0 Å². The van der Waals surface area contributed by atoms with Gasteiger partial charge in [-0.2, -0.15) is 13.2 Å². The van der Waals surface area contributed by atoms with Gasteiger partial charge in [0.2, 0.25) is 0 Å². The second kappa shape index (κ2) is 9.08. The lowest BCUT2D eigenvalue weighted by atomic mass is 10.0. The second-order valence-electron chi connectivity index (χ2n) is 7.75. The Hall–Kier alpha value is -3.26. The van der Waals surface area contributed by atoms with E-state index in [1.807, 2.05) is 47.4 Å². The molecule has 5 nitrogen and oxygen atoms in total. The highest BCUT2D eigenvalue weighted by Gasteiger charge is 2.35. The van der Waals surface area contributed by atoms with Crippen molar-refractivity contribution in [1.29, 1.82) is 0 Å². The predicted octanol–water partition coefficient (Wildman–Crippen LogP) is 5.36. The number of nitrogens with zero attached hydrogens (tertiary/aromatic N) is 2. The average molecular weight is 443 g/mol. The molecule has 1 N–H and O–H groups in total. The number of rotatable bonds is 4. The van der Waals surface area contributed by atoms with Crippen LogP contribution in [0.2, 0.25) is 0 Å². The van der Waals surface area contributed by atoms with Gasteiger partial charge in [-0.1, -0.05) is 42.5 Å². The molecule has 3 aromatic rings. The Morgan fingerprint density at radius 1 is 1.06 bits per heavy atom. The van der Waals surface area contributed by atoms with Crippen molar-refractivity contribution in [3.05, 3.63) is 71.8 Å². The molecule has 0 aliphatic carbocycles. The van der Waals surface area contributed by atoms with Crippen LogP contribution in [-0.4, -0.2) is 44.3 Å². The van der Waals surface area contributed by atoms with Crippen molar-refractivity contribution in [3.8, 4) is 0 Å². The molecule has 1 fully saturated rings. The summed E-state index contributed by atoms with van der Waals surface area (Å²) < 4.78 is 46.6. The molecule has 32 heavy (non-hydrogen) atoms. The molecule has 0 aromatic heterocycles. The molecular weight excluding hydrogens is 419 g/mol. The normalized spacial score (nSPS) is 14.4. The molecular formula is C24H24F3N3O2. The quantitative estimate of drug-likeness (QED) is 0.591. The largest absolute Gasteiger partial charge is 0.418 e. The highest BCUT2D eigenvalue weighted by molar-refractivity contribution is 5.91. The highest BCUT2D eigenvalue weighted by atomic mass is 19.4. The zero-order valence-corrected chi connectivity index (χ0v) is 17.7. The van der Waals surface area contributed by atoms with E-state index >= 15 is 0 Å². The van der Waals surface area contributed by atoms with Crippen LogP contribution in [0.5, 0.6) is 0 Å². The van der Waals surface area contributed by atoms with Crippen molar-refractivity contribution in [2.45, 2.75) is 12.7 Å². The van der Waals surface area contributed by atoms with Gasteiger partial charge in [0.1, 0.15) is 0 Å². The number of fused-ring (bicyclic) bond motifs is 1. The number of carbonyl (C=O) groups is 1. The van der Waals surface area contributed by atoms with E-state index < -0.39 is 17.8 Å². The third-order valence-corrected chi connectivity index (χ3v) is 5.56. The van der Waals surface area contributed by atoms with Gasteiger partial charge in [-0.25, -0.2) is 4.79 Å². The summed E-state index contributed by atoms with van der Waals surface area (Å²) in [6.07, 6.45) is -4.60. The van der Waals surface area contributed by atoms with E-state index in [2.05, 4.69) is 5.32 Å². The van der Waals surface area contributed by atoms with Gasteiger partial charge in [-0.3, -0.25) is 0 Å². The average Bonchev–Trinajstić information content (AvgIpc) is 2.79. The van der Waals surface area contributed by atoms with E-state index in [1.54, 1.807) is 13.1 Å². The number of nitrogens with one attached hydrogen (secondary N) is 1. The Morgan fingerprint density at radius 3 is 2.53 bits per heavy atom. The number of amides is 2. The zero-order chi connectivity index (χ0) is 22.7. The van der Waals surface area contributed by atoms with E-state index in [0.29, 0.717) is 32.0 Å². The number of ether oxygens (including phenoxy) is 1. The first-order valence-corrected chi connectivity index (χ1v) is 10.4. The molecule has 0 spiro atoms. The summed E-state index contributed by atoms with van der Waals surface area (Å²) in [5.74, 6) is 0. The summed E-state index contributed by atoms with van der Waals surface area (Å²) in [5, 5.41) is 4.48. The molecule has 1 aliphatic heterocycles. The van der Waals surface area contributed by atoms with Crippen LogP contribution in [0.15, 0.2) is 60.7 Å². The number of anilines is 2. The van der Waals surface area contributed by atoms with Gasteiger partial charge in [-0.05, 0) is 34.5 Å². The molecule has 4 rings (SSSR count). The number of alkyl halides is 3. The van der Waals surface area contributed by atoms with Crippen LogP contribution in [0.3, 0.4) is 0 Å². The Morgan fingerprint density at radius 2 is 1.78 bits per heavy atom. The highest BCUT2D eigenvalue weighted by Crippen LogP contribution is 2.37. The maximum Gasteiger partial charge on any atom is 0.418 e. The van der Waals surface area contributed by atoms with Gasteiger partial charge in [0.05, 0.1) is 24.5 Å². The van der Waals surface area contributed by atoms with E-state index in [0.717, 1.165) is 22.4 Å². The molecule has 0 unspecified atom stereocenters. The van der Waals surface area contributed by atoms with Crippen molar-refractivity contribution in [2.24, 2.45) is 0 Å². The smallest absolute Gasteiger partial charge is 0.378 e. The number of urea groups is 1. The minimum absolute atomic E-state index is 0.260. The standard InChI is InChI=1S/C24H24F3N3O2/c1-29(16-18-7-4-6-17-5-2-3-8-20(17)18)23(31)28-22-10-9-19(15-21(22)24(25,26)27)30-11-13-32-14-12-30/h2-10,15H,11-14,16H2,1H3,(H,28,31). The minimum Gasteiger partial charge on any atom is -0.378 e. The molecule has 0 bridgehead atoms. The van der Waals surface area contributed by atoms with E-state index in [-0.39, 0.29) is 12.2 Å². The maximum absolute atomic E-state index is 13.8. The number of halogens is 3. The fourth-order valence-electron chi connectivity index (χ4n) is 3.86. The summed E-state index contributed by atoms with van der Waals surface area (Å²) in [6.45, 7) is 2.26. The number of hydrogen-bond acceptors (Lipinski definition) is 3. The number of benzene rings is 3. The van der Waals surface area contributed by atoms with Crippen LogP contribution in [0.1, 0.15) is 11.1 Å². The van der Waals surface area contributed by atoms with Crippen molar-refractivity contribution in [1.82, 2.24) is 4.90 Å². The minimum atomic E-state index is -4.60. The molecule has 1 heterocycles. The lowest BCUT2D eigenvalue weighted by molar-refractivity contribution is -0.136. The fourth-order valence-corrected chi connectivity index (χ4v) is 3.86. The number of morpholine rings is 1. The summed E-state index contributed by atoms with van der Waals surface area (Å²) in [7, 11) is 1.56. The van der Waals surface area contributed by atoms with Crippen molar-refractivity contribution >= 4 is 28.2 Å². The van der Waals surface area contributed by atoms with E-state index in [9.17, 15) is 18.0 Å². The summed E-state index contributed by atoms with van der Waals surface area (Å²) in [5.41, 5.74) is 0.250. The van der Waals surface area contributed by atoms with Crippen LogP contribution in [-0.2, 0) is 17.5 Å². The molecule has 0 atom stereocenters. The summed E-state index contributed by atoms with van der Waals surface area (Å²) in [6, 6.07) is 17.0. The first-order chi connectivity index (χ1) is 15.3. The number of carbonyl (C=O) groups excluding carboxylic acids is 1. The Labute approximate surface area is 184 Å². The van der Waals surface area contributed by atoms with E-state index in [4.69, 9.17) is 4.74 Å². The molecule has 0 radical (unpaired) electrons. The topological polar surface area (TPSA) is 44.8 Å². The molecule has 168 valence electrons. The van der Waals surface area contributed by atoms with Gasteiger partial charge < -0.3 is 19.9 Å². The second-order valence-corrected chi connectivity index (χ2v) is 7.75. The third-order valence-electron chi connectivity index (χ3n) is 5.56. The van der Waals surface area contributed by atoms with Crippen LogP contribution in [0.25, 0.3) is 10.8 Å². The monoisotopic (exact) mass is 443 g/mol. The van der Waals surface area contributed by atoms with Gasteiger partial charge in [0.15, 0.2) is 0 Å². The maximum atomic E-state index is 13.8. The van der Waals surface area contributed by atoms with Crippen LogP contribution in [0, 0.1) is 0 Å². The lowest BCUT2D eigenvalue weighted by Gasteiger charge is -2.30. The van der Waals surface area contributed by atoms with Crippen LogP contribution >= 0.6 is 0 Å². The fraction of sp³-hybridized carbons (Fsp3) is 0.292. The molecule has 3 aromatic carbocycles. The molecule has 0 saturated carbocycles. The zero-order valence-electron chi connectivity index (χ0n) is 17.7. The lowest BCUT2D eigenvalue weighted by Crippen LogP contribution is -2.36. The Balaban J connectivity index is 1.53. The SMILES string of the molecule is CN(Cc1cccc2ccccc12)C(=O)Nc1ccc(N2CCOCC2)cc1C(F)(F)F. The molecule has 1 aliphatic rings. The Bertz CT molecular complexity index is 1110. The number of hydrogen-bond donors (Lipinski definition) is 1. The van der Waals surface area contributed by atoms with Gasteiger partial charge in [-0.15, -0.1) is 0 Å². The van der Waals surface area contributed by atoms with E-state index in [1.165, 1.54) is 11.0 Å². The molecule has 2 amide bonds.